The third-order valence-corrected chi connectivity index (χ3v) is 8.85. The highest BCUT2D eigenvalue weighted by Crippen LogP contribution is 2.31. The predicted octanol–water partition coefficient (Wildman–Crippen LogP) is 4.51. The zero-order valence-electron chi connectivity index (χ0n) is 23.0. The van der Waals surface area contributed by atoms with Gasteiger partial charge in [-0.2, -0.15) is 0 Å². The van der Waals surface area contributed by atoms with Crippen molar-refractivity contribution < 1.29 is 23.9 Å². The second-order valence-electron chi connectivity index (χ2n) is 11.1. The summed E-state index contributed by atoms with van der Waals surface area (Å²) in [7, 11) is 3.79. The predicted molar refractivity (Wildman–Crippen MR) is 156 cm³/mol. The molecule has 5 heterocycles. The summed E-state index contributed by atoms with van der Waals surface area (Å²) in [5.41, 5.74) is 4.39. The minimum absolute atomic E-state index is 0.252. The summed E-state index contributed by atoms with van der Waals surface area (Å²) in [6.07, 6.45) is 2.83. The van der Waals surface area contributed by atoms with E-state index in [0.717, 1.165) is 71.6 Å². The number of pyridine rings is 1. The van der Waals surface area contributed by atoms with Crippen molar-refractivity contribution in [2.45, 2.75) is 50.1 Å². The summed E-state index contributed by atoms with van der Waals surface area (Å²) >= 11 is 0. The number of hydrogen-bond acceptors (Lipinski definition) is 8. The summed E-state index contributed by atoms with van der Waals surface area (Å²) in [5.74, 6) is 0.880. The third-order valence-electron chi connectivity index (χ3n) is 8.30. The number of carboxylic acid groups (broad SMARTS) is 1. The number of imidazole rings is 1. The second kappa shape index (κ2) is 11.0. The molecule has 11 heteroatoms. The molecule has 1 N–H and O–H groups in total. The van der Waals surface area contributed by atoms with Crippen molar-refractivity contribution in [3.05, 3.63) is 83.4 Å². The number of aromatic carboxylic acids is 1. The van der Waals surface area contributed by atoms with Crippen LogP contribution in [0.5, 0.6) is 5.88 Å². The number of carboxylic acids is 1. The lowest BCUT2D eigenvalue weighted by atomic mass is 9.93. The minimum Gasteiger partial charge on any atom is -0.478 e. The number of piperidine rings is 1. The molecular formula is C31H30N5O5Si. The van der Waals surface area contributed by atoms with Crippen molar-refractivity contribution in [3.63, 3.8) is 0 Å². The summed E-state index contributed by atoms with van der Waals surface area (Å²) in [5, 5.41) is 14.2. The lowest BCUT2D eigenvalue weighted by Gasteiger charge is -2.39. The van der Waals surface area contributed by atoms with Crippen LogP contribution in [0.25, 0.3) is 22.0 Å². The molecular weight excluding hydrogens is 550 g/mol. The van der Waals surface area contributed by atoms with Gasteiger partial charge in [0.1, 0.15) is 18.1 Å². The van der Waals surface area contributed by atoms with E-state index in [0.29, 0.717) is 38.1 Å². The Balaban J connectivity index is 1.02. The van der Waals surface area contributed by atoms with Gasteiger partial charge in [0.2, 0.25) is 5.88 Å². The van der Waals surface area contributed by atoms with Gasteiger partial charge in [-0.1, -0.05) is 23.4 Å². The molecule has 2 aromatic carbocycles. The van der Waals surface area contributed by atoms with Crippen molar-refractivity contribution in [2.75, 3.05) is 19.7 Å². The maximum atomic E-state index is 11.6. The van der Waals surface area contributed by atoms with Gasteiger partial charge in [-0.3, -0.25) is 4.90 Å². The van der Waals surface area contributed by atoms with Gasteiger partial charge in [0, 0.05) is 36.2 Å². The molecule has 0 aliphatic carbocycles. The first-order valence-corrected chi connectivity index (χ1v) is 14.7. The van der Waals surface area contributed by atoms with Crippen molar-refractivity contribution >= 4 is 38.2 Å². The highest BCUT2D eigenvalue weighted by molar-refractivity contribution is 6.15. The molecule has 3 radical (unpaired) electrons. The number of fused-ring (bicyclic) bond motifs is 2. The van der Waals surface area contributed by atoms with Crippen LogP contribution in [-0.4, -0.2) is 70.8 Å². The number of rotatable bonds is 9. The number of likely N-dealkylation sites (tertiary alicyclic amines) is 1. The Kier molecular flexibility index (Phi) is 7.00. The fourth-order valence-corrected chi connectivity index (χ4v) is 6.20. The SMILES string of the molecule is O=C(O)c1ccc2nc(CN3CCC(c4cccc(OCc5noc6ccccc56)n4)CC3)n(C[C@]3([Si])CCO3)c2c1. The molecule has 2 fully saturated rings. The molecule has 0 spiro atoms. The van der Waals surface area contributed by atoms with Crippen LogP contribution >= 0.6 is 0 Å². The van der Waals surface area contributed by atoms with Crippen LogP contribution in [0.2, 0.25) is 0 Å². The largest absolute Gasteiger partial charge is 0.478 e. The Labute approximate surface area is 245 Å². The molecule has 0 saturated carbocycles. The number of carbonyl (C=O) groups is 1. The molecule has 2 aliphatic rings. The quantitative estimate of drug-likeness (QED) is 0.251. The summed E-state index contributed by atoms with van der Waals surface area (Å²) in [6.45, 7) is 4.05. The fourth-order valence-electron chi connectivity index (χ4n) is 5.84. The molecule has 2 aliphatic heterocycles. The highest BCUT2D eigenvalue weighted by Gasteiger charge is 2.35. The fraction of sp³-hybridized carbons (Fsp3) is 0.355. The number of nitrogens with zero attached hydrogens (tertiary/aromatic N) is 5. The molecule has 0 bridgehead atoms. The number of benzene rings is 2. The maximum absolute atomic E-state index is 11.6. The van der Waals surface area contributed by atoms with Gasteiger partial charge in [0.05, 0.1) is 38.6 Å². The van der Waals surface area contributed by atoms with Crippen LogP contribution in [0.1, 0.15) is 52.8 Å². The molecule has 3 aromatic heterocycles. The molecule has 10 nitrogen and oxygen atoms in total. The topological polar surface area (TPSA) is 116 Å². The van der Waals surface area contributed by atoms with Gasteiger partial charge in [0.25, 0.3) is 0 Å². The van der Waals surface area contributed by atoms with Crippen molar-refractivity contribution in [2.24, 2.45) is 0 Å². The average Bonchev–Trinajstić information content (AvgIpc) is 3.56. The summed E-state index contributed by atoms with van der Waals surface area (Å²) < 4.78 is 19.3. The van der Waals surface area contributed by atoms with Crippen molar-refractivity contribution in [1.82, 2.24) is 24.6 Å². The van der Waals surface area contributed by atoms with E-state index in [9.17, 15) is 9.90 Å². The summed E-state index contributed by atoms with van der Waals surface area (Å²) in [6, 6.07) is 18.8. The first-order valence-electron chi connectivity index (χ1n) is 14.2. The Morgan fingerprint density at radius 3 is 2.71 bits per heavy atom. The third kappa shape index (κ3) is 5.30. The van der Waals surface area contributed by atoms with Gasteiger partial charge in [0.15, 0.2) is 5.58 Å². The van der Waals surface area contributed by atoms with Crippen LogP contribution in [0, 0.1) is 0 Å². The Bertz CT molecular complexity index is 1760. The average molecular weight is 581 g/mol. The molecule has 0 amide bonds. The van der Waals surface area contributed by atoms with Gasteiger partial charge in [-0.25, -0.2) is 14.8 Å². The molecule has 7 rings (SSSR count). The summed E-state index contributed by atoms with van der Waals surface area (Å²) in [4.78, 5) is 23.8. The van der Waals surface area contributed by atoms with Gasteiger partial charge >= 0.3 is 5.97 Å². The monoisotopic (exact) mass is 580 g/mol. The van der Waals surface area contributed by atoms with Gasteiger partial charge in [-0.15, -0.1) is 0 Å². The zero-order valence-corrected chi connectivity index (χ0v) is 24.0. The van der Waals surface area contributed by atoms with E-state index < -0.39 is 11.2 Å². The van der Waals surface area contributed by atoms with Crippen LogP contribution < -0.4 is 4.74 Å². The van der Waals surface area contributed by atoms with E-state index in [1.54, 1.807) is 18.2 Å². The number of para-hydroxylation sites is 1. The van der Waals surface area contributed by atoms with E-state index in [2.05, 4.69) is 30.9 Å². The first kappa shape index (κ1) is 26.8. The molecule has 2 saturated heterocycles. The smallest absolute Gasteiger partial charge is 0.335 e. The van der Waals surface area contributed by atoms with E-state index >= 15 is 0 Å². The van der Waals surface area contributed by atoms with E-state index in [-0.39, 0.29) is 5.56 Å². The Morgan fingerprint density at radius 1 is 1.10 bits per heavy atom. The second-order valence-corrected chi connectivity index (χ2v) is 12.0. The van der Waals surface area contributed by atoms with Crippen LogP contribution in [0.3, 0.4) is 0 Å². The highest BCUT2D eigenvalue weighted by atomic mass is 28.1. The Morgan fingerprint density at radius 2 is 1.93 bits per heavy atom. The van der Waals surface area contributed by atoms with Gasteiger partial charge < -0.3 is 23.7 Å². The maximum Gasteiger partial charge on any atom is 0.335 e. The molecule has 42 heavy (non-hydrogen) atoms. The number of hydrogen-bond donors (Lipinski definition) is 1. The van der Waals surface area contributed by atoms with Crippen molar-refractivity contribution in [3.8, 4) is 5.88 Å². The van der Waals surface area contributed by atoms with Gasteiger partial charge in [-0.05, 0) is 68.8 Å². The minimum atomic E-state index is -0.948. The van der Waals surface area contributed by atoms with Crippen LogP contribution in [-0.2, 0) is 24.4 Å². The lowest BCUT2D eigenvalue weighted by Crippen LogP contribution is -2.48. The van der Waals surface area contributed by atoms with Crippen LogP contribution in [0.15, 0.2) is 65.2 Å². The lowest BCUT2D eigenvalue weighted by molar-refractivity contribution is -0.0947. The molecule has 5 aromatic rings. The van der Waals surface area contributed by atoms with E-state index in [4.69, 9.17) is 24.0 Å². The number of ether oxygens (including phenoxy) is 2. The standard InChI is InChI=1S/C31H30N5O5Si/c37-30(38)21-8-9-24-26(16-21)36(19-31(42)12-15-40-31)28(32-24)17-35-13-10-20(11-14-35)23-5-3-7-29(33-23)39-18-25-22-4-1-2-6-27(22)41-34-25/h1-9,16,20H,10-15,17-19H2,(H,37,38)/t31-/m1/s1. The van der Waals surface area contributed by atoms with E-state index in [1.807, 2.05) is 36.4 Å². The first-order chi connectivity index (χ1) is 20.4. The van der Waals surface area contributed by atoms with Crippen molar-refractivity contribution in [1.29, 1.82) is 0 Å². The van der Waals surface area contributed by atoms with E-state index in [1.165, 1.54) is 0 Å². The molecule has 213 valence electrons. The normalized spacial score (nSPS) is 19.7. The molecule has 0 unspecified atom stereocenters. The molecule has 1 atom stereocenters. The Hall–Kier alpha value is -4.06. The zero-order chi connectivity index (χ0) is 28.7. The number of aromatic nitrogens is 4. The van der Waals surface area contributed by atoms with Crippen LogP contribution in [0.4, 0.5) is 0 Å².